The Hall–Kier alpha value is -2.39. The highest BCUT2D eigenvalue weighted by molar-refractivity contribution is 5.88. The van der Waals surface area contributed by atoms with E-state index in [-0.39, 0.29) is 25.0 Å². The van der Waals surface area contributed by atoms with Gasteiger partial charge in [0.2, 0.25) is 0 Å². The van der Waals surface area contributed by atoms with Gasteiger partial charge in [-0.15, -0.1) is 5.01 Å². The number of amides is 1. The van der Waals surface area contributed by atoms with Crippen molar-refractivity contribution in [1.82, 2.24) is 9.91 Å². The molecule has 1 N–H and O–H groups in total. The van der Waals surface area contributed by atoms with Gasteiger partial charge in [0.25, 0.3) is 5.91 Å². The average molecular weight is 413 g/mol. The SMILES string of the molecule is CCC[C@@H](C(=O)OCC)N([C@@H](C)C(=O)N1[C@H](C(=O)O)C[C@@H]2CCCC[C@@H]21)[N+](=O)[O-]. The largest absolute Gasteiger partial charge is 0.480 e. The molecule has 0 unspecified atom stereocenters. The lowest BCUT2D eigenvalue weighted by atomic mass is 9.84. The summed E-state index contributed by atoms with van der Waals surface area (Å²) in [5.74, 6) is -2.36. The first kappa shape index (κ1) is 22.9. The Morgan fingerprint density at radius 2 is 1.93 bits per heavy atom. The minimum atomic E-state index is -1.28. The fourth-order valence-electron chi connectivity index (χ4n) is 4.72. The first-order valence-electron chi connectivity index (χ1n) is 10.4. The lowest BCUT2D eigenvalue weighted by molar-refractivity contribution is -0.666. The van der Waals surface area contributed by atoms with E-state index >= 15 is 0 Å². The van der Waals surface area contributed by atoms with Crippen molar-refractivity contribution < 1.29 is 29.3 Å². The second-order valence-electron chi connectivity index (χ2n) is 7.80. The van der Waals surface area contributed by atoms with Crippen LogP contribution in [0.1, 0.15) is 65.7 Å². The molecule has 1 saturated heterocycles. The van der Waals surface area contributed by atoms with Crippen LogP contribution in [-0.2, 0) is 19.1 Å². The number of nitro groups is 1. The van der Waals surface area contributed by atoms with Crippen LogP contribution in [0, 0.1) is 16.0 Å². The standard InChI is InChI=1S/C19H31N3O7/c1-4-8-15(19(26)29-5-2)21(22(27)28)12(3)17(23)20-14-10-7-6-9-13(14)11-16(20)18(24)25/h12-16H,4-11H2,1-3H3,(H,24,25)/t12-,13-,14-,15-,16-/m0/s1. The molecule has 5 atom stereocenters. The van der Waals surface area contributed by atoms with Crippen LogP contribution in [0.15, 0.2) is 0 Å². The molecule has 0 radical (unpaired) electrons. The molecule has 2 aliphatic rings. The van der Waals surface area contributed by atoms with Crippen LogP contribution in [0.3, 0.4) is 0 Å². The van der Waals surface area contributed by atoms with Gasteiger partial charge in [0, 0.05) is 6.04 Å². The van der Waals surface area contributed by atoms with Crippen LogP contribution in [0.5, 0.6) is 0 Å². The molecule has 1 amide bonds. The Labute approximate surface area is 170 Å². The van der Waals surface area contributed by atoms with Gasteiger partial charge in [0.1, 0.15) is 6.04 Å². The predicted octanol–water partition coefficient (Wildman–Crippen LogP) is 1.84. The van der Waals surface area contributed by atoms with Crippen molar-refractivity contribution in [3.8, 4) is 0 Å². The Balaban J connectivity index is 2.32. The molecule has 29 heavy (non-hydrogen) atoms. The number of rotatable bonds is 9. The summed E-state index contributed by atoms with van der Waals surface area (Å²) in [6, 6.07) is -3.70. The van der Waals surface area contributed by atoms with Gasteiger partial charge in [-0.05, 0) is 45.4 Å². The molecule has 2 rings (SSSR count). The molecule has 1 aliphatic heterocycles. The van der Waals surface area contributed by atoms with E-state index in [1.54, 1.807) is 13.8 Å². The third-order valence-corrected chi connectivity index (χ3v) is 6.01. The molecule has 0 aromatic rings. The van der Waals surface area contributed by atoms with Crippen LogP contribution in [-0.4, -0.2) is 68.7 Å². The van der Waals surface area contributed by atoms with Crippen molar-refractivity contribution in [3.05, 3.63) is 10.1 Å². The van der Waals surface area contributed by atoms with E-state index in [2.05, 4.69) is 0 Å². The van der Waals surface area contributed by atoms with Crippen LogP contribution < -0.4 is 0 Å². The maximum Gasteiger partial charge on any atom is 0.334 e. The maximum absolute atomic E-state index is 13.3. The summed E-state index contributed by atoms with van der Waals surface area (Å²) < 4.78 is 4.98. The highest BCUT2D eigenvalue weighted by atomic mass is 16.7. The summed E-state index contributed by atoms with van der Waals surface area (Å²) in [7, 11) is 0. The molecule has 164 valence electrons. The van der Waals surface area contributed by atoms with Gasteiger partial charge in [-0.2, -0.15) is 0 Å². The first-order valence-corrected chi connectivity index (χ1v) is 10.4. The summed E-state index contributed by atoms with van der Waals surface area (Å²) in [4.78, 5) is 50.6. The van der Waals surface area contributed by atoms with E-state index < -0.39 is 41.0 Å². The topological polar surface area (TPSA) is 130 Å². The van der Waals surface area contributed by atoms with Crippen LogP contribution in [0.4, 0.5) is 0 Å². The predicted molar refractivity (Wildman–Crippen MR) is 102 cm³/mol. The lowest BCUT2D eigenvalue weighted by Gasteiger charge is -2.36. The number of hydrogen-bond donors (Lipinski definition) is 1. The summed E-state index contributed by atoms with van der Waals surface area (Å²) in [6.07, 6.45) is 4.45. The second kappa shape index (κ2) is 9.89. The molecule has 1 heterocycles. The minimum absolute atomic E-state index is 0.0733. The molecular weight excluding hydrogens is 382 g/mol. The van der Waals surface area contributed by atoms with E-state index in [1.165, 1.54) is 11.8 Å². The lowest BCUT2D eigenvalue weighted by Crippen LogP contribution is -2.58. The zero-order valence-electron chi connectivity index (χ0n) is 17.3. The minimum Gasteiger partial charge on any atom is -0.480 e. The number of carbonyl (C=O) groups excluding carboxylic acids is 2. The molecule has 1 aliphatic carbocycles. The van der Waals surface area contributed by atoms with Crippen molar-refractivity contribution in [2.45, 2.75) is 89.9 Å². The van der Waals surface area contributed by atoms with E-state index in [1.807, 2.05) is 0 Å². The number of esters is 1. The summed E-state index contributed by atoms with van der Waals surface area (Å²) >= 11 is 0. The molecule has 0 bridgehead atoms. The van der Waals surface area contributed by atoms with Gasteiger partial charge < -0.3 is 14.7 Å². The van der Waals surface area contributed by atoms with E-state index in [4.69, 9.17) is 4.74 Å². The van der Waals surface area contributed by atoms with Crippen molar-refractivity contribution >= 4 is 17.8 Å². The number of carboxylic acid groups (broad SMARTS) is 1. The van der Waals surface area contributed by atoms with Crippen LogP contribution >= 0.6 is 0 Å². The molecule has 0 aromatic carbocycles. The van der Waals surface area contributed by atoms with Gasteiger partial charge in [-0.1, -0.05) is 26.2 Å². The van der Waals surface area contributed by atoms with Gasteiger partial charge in [0.05, 0.1) is 6.61 Å². The molecule has 1 saturated carbocycles. The van der Waals surface area contributed by atoms with E-state index in [0.717, 1.165) is 19.3 Å². The zero-order valence-corrected chi connectivity index (χ0v) is 17.3. The number of hydrazine groups is 1. The number of carboxylic acids is 1. The van der Waals surface area contributed by atoms with Crippen LogP contribution in [0.25, 0.3) is 0 Å². The number of carbonyl (C=O) groups is 3. The normalized spacial score (nSPS) is 25.6. The third-order valence-electron chi connectivity index (χ3n) is 6.01. The van der Waals surface area contributed by atoms with Crippen molar-refractivity contribution in [2.75, 3.05) is 6.61 Å². The summed E-state index contributed by atoms with van der Waals surface area (Å²) in [6.45, 7) is 4.83. The molecule has 2 fully saturated rings. The van der Waals surface area contributed by atoms with Gasteiger partial charge in [-0.25, -0.2) is 19.7 Å². The van der Waals surface area contributed by atoms with Gasteiger partial charge in [0.15, 0.2) is 17.1 Å². The Bertz CT molecular complexity index is 641. The molecular formula is C19H31N3O7. The Morgan fingerprint density at radius 1 is 1.28 bits per heavy atom. The average Bonchev–Trinajstić information content (AvgIpc) is 3.06. The van der Waals surface area contributed by atoms with Crippen molar-refractivity contribution in [1.29, 1.82) is 0 Å². The van der Waals surface area contributed by atoms with E-state index in [0.29, 0.717) is 24.3 Å². The molecule has 0 spiro atoms. The first-order chi connectivity index (χ1) is 13.7. The monoisotopic (exact) mass is 413 g/mol. The highest BCUT2D eigenvalue weighted by Gasteiger charge is 2.51. The fraction of sp³-hybridized carbons (Fsp3) is 0.842. The number of fused-ring (bicyclic) bond motifs is 1. The quantitative estimate of drug-likeness (QED) is 0.344. The smallest absolute Gasteiger partial charge is 0.334 e. The Morgan fingerprint density at radius 3 is 2.48 bits per heavy atom. The Kier molecular flexibility index (Phi) is 7.80. The zero-order chi connectivity index (χ0) is 21.7. The fourth-order valence-corrected chi connectivity index (χ4v) is 4.72. The number of ether oxygens (including phenoxy) is 1. The number of nitrogens with zero attached hydrogens (tertiary/aromatic N) is 3. The number of hydrogen-bond acceptors (Lipinski definition) is 6. The van der Waals surface area contributed by atoms with Crippen molar-refractivity contribution in [2.24, 2.45) is 5.92 Å². The molecule has 10 heteroatoms. The summed E-state index contributed by atoms with van der Waals surface area (Å²) in [5.41, 5.74) is 0. The number of likely N-dealkylation sites (tertiary alicyclic amines) is 1. The van der Waals surface area contributed by atoms with Gasteiger partial charge >= 0.3 is 11.9 Å². The third kappa shape index (κ3) is 4.79. The van der Waals surface area contributed by atoms with Crippen LogP contribution in [0.2, 0.25) is 0 Å². The van der Waals surface area contributed by atoms with Gasteiger partial charge in [-0.3, -0.25) is 4.79 Å². The maximum atomic E-state index is 13.3. The second-order valence-corrected chi connectivity index (χ2v) is 7.80. The van der Waals surface area contributed by atoms with E-state index in [9.17, 15) is 29.6 Å². The summed E-state index contributed by atoms with van der Waals surface area (Å²) in [5, 5.41) is 21.4. The molecule has 0 aromatic heterocycles. The van der Waals surface area contributed by atoms with Crippen molar-refractivity contribution in [3.63, 3.8) is 0 Å². The highest BCUT2D eigenvalue weighted by Crippen LogP contribution is 2.40. The number of aliphatic carboxylic acids is 1. The molecule has 10 nitrogen and oxygen atoms in total.